The molecule has 0 heterocycles. The van der Waals surface area contributed by atoms with Gasteiger partial charge in [-0.15, -0.1) is 0 Å². The summed E-state index contributed by atoms with van der Waals surface area (Å²) in [5.74, 6) is -0.0415. The molecule has 3 heteroatoms. The zero-order chi connectivity index (χ0) is 14.8. The standard InChI is InChI=1S/C16H30ClNO/c1-6-7-8-9-10-11-12-15(17)16(19)18(13(2)3)14(4)5/h12-14H,6-11H2,1-5H3/b15-12-. The number of carbonyl (C=O) groups is 1. The Kier molecular flexibility index (Phi) is 10.0. The summed E-state index contributed by atoms with van der Waals surface area (Å²) in [6.07, 6.45) is 8.96. The summed E-state index contributed by atoms with van der Waals surface area (Å²) < 4.78 is 0. The van der Waals surface area contributed by atoms with Gasteiger partial charge in [-0.2, -0.15) is 0 Å². The zero-order valence-corrected chi connectivity index (χ0v) is 14.0. The highest BCUT2D eigenvalue weighted by Crippen LogP contribution is 2.15. The number of carbonyl (C=O) groups excluding carboxylic acids is 1. The predicted molar refractivity (Wildman–Crippen MR) is 84.4 cm³/mol. The first-order chi connectivity index (χ1) is 8.91. The normalized spacial score (nSPS) is 12.3. The number of hydrogen-bond acceptors (Lipinski definition) is 1. The lowest BCUT2D eigenvalue weighted by Crippen LogP contribution is -2.42. The summed E-state index contributed by atoms with van der Waals surface area (Å²) >= 11 is 6.12. The Morgan fingerprint density at radius 3 is 2.05 bits per heavy atom. The minimum Gasteiger partial charge on any atom is -0.333 e. The van der Waals surface area contributed by atoms with Crippen LogP contribution in [0.2, 0.25) is 0 Å². The first-order valence-electron chi connectivity index (χ1n) is 7.60. The summed E-state index contributed by atoms with van der Waals surface area (Å²) in [5.41, 5.74) is 0. The van der Waals surface area contributed by atoms with E-state index in [0.29, 0.717) is 5.03 Å². The van der Waals surface area contributed by atoms with E-state index in [9.17, 15) is 4.79 Å². The molecule has 0 aliphatic heterocycles. The Hall–Kier alpha value is -0.500. The molecule has 0 saturated heterocycles. The molecule has 0 bridgehead atoms. The van der Waals surface area contributed by atoms with Gasteiger partial charge in [-0.05, 0) is 40.5 Å². The summed E-state index contributed by atoms with van der Waals surface area (Å²) in [6.45, 7) is 10.3. The van der Waals surface area contributed by atoms with Gasteiger partial charge in [0.15, 0.2) is 0 Å². The van der Waals surface area contributed by atoms with Crippen LogP contribution >= 0.6 is 11.6 Å². The SMILES string of the molecule is CCCCCCC/C=C(\Cl)C(=O)N(C(C)C)C(C)C. The minimum atomic E-state index is -0.0415. The minimum absolute atomic E-state index is 0.0415. The molecule has 0 fully saturated rings. The Labute approximate surface area is 124 Å². The van der Waals surface area contributed by atoms with E-state index in [0.717, 1.165) is 12.8 Å². The monoisotopic (exact) mass is 287 g/mol. The Bertz CT molecular complexity index is 276. The molecule has 0 radical (unpaired) electrons. The summed E-state index contributed by atoms with van der Waals surface area (Å²) in [4.78, 5) is 14.0. The maximum Gasteiger partial charge on any atom is 0.265 e. The van der Waals surface area contributed by atoms with Crippen LogP contribution in [0.25, 0.3) is 0 Å². The van der Waals surface area contributed by atoms with Crippen LogP contribution in [0.4, 0.5) is 0 Å². The van der Waals surface area contributed by atoms with Crippen LogP contribution in [-0.4, -0.2) is 22.9 Å². The van der Waals surface area contributed by atoms with Crippen LogP contribution < -0.4 is 0 Å². The number of nitrogens with zero attached hydrogens (tertiary/aromatic N) is 1. The van der Waals surface area contributed by atoms with Gasteiger partial charge >= 0.3 is 0 Å². The van der Waals surface area contributed by atoms with E-state index < -0.39 is 0 Å². The summed E-state index contributed by atoms with van der Waals surface area (Å²) in [5, 5.41) is 0.373. The quantitative estimate of drug-likeness (QED) is 0.426. The fourth-order valence-electron chi connectivity index (χ4n) is 2.25. The van der Waals surface area contributed by atoms with Gasteiger partial charge in [0, 0.05) is 12.1 Å². The van der Waals surface area contributed by atoms with Gasteiger partial charge < -0.3 is 4.90 Å². The Balaban J connectivity index is 4.23. The highest BCUT2D eigenvalue weighted by atomic mass is 35.5. The number of halogens is 1. The smallest absolute Gasteiger partial charge is 0.265 e. The van der Waals surface area contributed by atoms with E-state index in [2.05, 4.69) is 6.92 Å². The zero-order valence-electron chi connectivity index (χ0n) is 13.2. The van der Waals surface area contributed by atoms with Gasteiger partial charge in [-0.25, -0.2) is 0 Å². The van der Waals surface area contributed by atoms with Crippen molar-refractivity contribution in [2.75, 3.05) is 0 Å². The maximum absolute atomic E-state index is 12.2. The van der Waals surface area contributed by atoms with Gasteiger partial charge in [0.05, 0.1) is 0 Å². The molecule has 0 aromatic rings. The molecule has 0 aliphatic carbocycles. The van der Waals surface area contributed by atoms with Crippen molar-refractivity contribution in [3.05, 3.63) is 11.1 Å². The molecule has 1 amide bonds. The second kappa shape index (κ2) is 10.3. The van der Waals surface area contributed by atoms with Crippen molar-refractivity contribution in [1.82, 2.24) is 4.90 Å². The lowest BCUT2D eigenvalue weighted by atomic mass is 10.1. The van der Waals surface area contributed by atoms with Crippen LogP contribution in [-0.2, 0) is 4.79 Å². The average Bonchev–Trinajstić information content (AvgIpc) is 2.32. The molecule has 0 spiro atoms. The van der Waals surface area contributed by atoms with Crippen molar-refractivity contribution in [2.24, 2.45) is 0 Å². The number of allylic oxidation sites excluding steroid dienone is 1. The maximum atomic E-state index is 12.2. The lowest BCUT2D eigenvalue weighted by molar-refractivity contribution is -0.129. The molecule has 0 aliphatic rings. The van der Waals surface area contributed by atoms with E-state index >= 15 is 0 Å². The molecule has 0 saturated carbocycles. The third-order valence-corrected chi connectivity index (χ3v) is 3.50. The molecular formula is C16H30ClNO. The molecule has 0 atom stereocenters. The second-order valence-electron chi connectivity index (χ2n) is 5.65. The number of amides is 1. The topological polar surface area (TPSA) is 20.3 Å². The molecule has 0 aromatic heterocycles. The molecule has 0 N–H and O–H groups in total. The average molecular weight is 288 g/mol. The number of unbranched alkanes of at least 4 members (excludes halogenated alkanes) is 5. The molecule has 0 rings (SSSR count). The van der Waals surface area contributed by atoms with Gasteiger partial charge in [0.1, 0.15) is 5.03 Å². The predicted octanol–water partition coefficient (Wildman–Crippen LogP) is 5.12. The van der Waals surface area contributed by atoms with Crippen molar-refractivity contribution >= 4 is 17.5 Å². The van der Waals surface area contributed by atoms with Gasteiger partial charge in [0.2, 0.25) is 0 Å². The van der Waals surface area contributed by atoms with Crippen molar-refractivity contribution in [3.63, 3.8) is 0 Å². The van der Waals surface area contributed by atoms with Crippen molar-refractivity contribution in [2.45, 2.75) is 85.2 Å². The van der Waals surface area contributed by atoms with Crippen molar-refractivity contribution < 1.29 is 4.79 Å². The molecular weight excluding hydrogens is 258 g/mol. The largest absolute Gasteiger partial charge is 0.333 e. The van der Waals surface area contributed by atoms with E-state index in [1.165, 1.54) is 25.7 Å². The number of rotatable bonds is 9. The van der Waals surface area contributed by atoms with E-state index in [1.54, 1.807) is 0 Å². The van der Waals surface area contributed by atoms with Crippen LogP contribution in [0.3, 0.4) is 0 Å². The first kappa shape index (κ1) is 18.5. The van der Waals surface area contributed by atoms with E-state index in [-0.39, 0.29) is 18.0 Å². The van der Waals surface area contributed by atoms with Gasteiger partial charge in [-0.1, -0.05) is 50.3 Å². The second-order valence-corrected chi connectivity index (χ2v) is 6.06. The van der Waals surface area contributed by atoms with Crippen molar-refractivity contribution in [1.29, 1.82) is 0 Å². The van der Waals surface area contributed by atoms with Gasteiger partial charge in [-0.3, -0.25) is 4.79 Å². The van der Waals surface area contributed by atoms with E-state index in [4.69, 9.17) is 11.6 Å². The number of hydrogen-bond donors (Lipinski definition) is 0. The van der Waals surface area contributed by atoms with Crippen LogP contribution in [0.15, 0.2) is 11.1 Å². The van der Waals surface area contributed by atoms with Crippen LogP contribution in [0, 0.1) is 0 Å². The molecule has 2 nitrogen and oxygen atoms in total. The van der Waals surface area contributed by atoms with E-state index in [1.807, 2.05) is 38.7 Å². The molecule has 19 heavy (non-hydrogen) atoms. The molecule has 0 aromatic carbocycles. The fraction of sp³-hybridized carbons (Fsp3) is 0.812. The first-order valence-corrected chi connectivity index (χ1v) is 7.97. The van der Waals surface area contributed by atoms with Crippen LogP contribution in [0.5, 0.6) is 0 Å². The third-order valence-electron chi connectivity index (χ3n) is 3.18. The summed E-state index contributed by atoms with van der Waals surface area (Å²) in [7, 11) is 0. The Morgan fingerprint density at radius 2 is 1.58 bits per heavy atom. The van der Waals surface area contributed by atoms with Gasteiger partial charge in [0.25, 0.3) is 5.91 Å². The highest BCUT2D eigenvalue weighted by molar-refractivity contribution is 6.42. The molecule has 0 unspecified atom stereocenters. The van der Waals surface area contributed by atoms with Crippen molar-refractivity contribution in [3.8, 4) is 0 Å². The summed E-state index contributed by atoms with van der Waals surface area (Å²) in [6, 6.07) is 0.360. The lowest BCUT2D eigenvalue weighted by Gasteiger charge is -2.30. The Morgan fingerprint density at radius 1 is 1.05 bits per heavy atom. The third kappa shape index (κ3) is 7.61. The highest BCUT2D eigenvalue weighted by Gasteiger charge is 2.21. The van der Waals surface area contributed by atoms with Crippen LogP contribution in [0.1, 0.15) is 73.1 Å². The fourth-order valence-corrected chi connectivity index (χ4v) is 2.46. The molecule has 112 valence electrons.